The summed E-state index contributed by atoms with van der Waals surface area (Å²) < 4.78 is 2.24. The average molecular weight is 409 g/mol. The molecular formula is C25H19N3O3. The number of nitrogens with one attached hydrogen (secondary N) is 1. The van der Waals surface area contributed by atoms with Crippen LogP contribution in [0, 0.1) is 6.92 Å². The van der Waals surface area contributed by atoms with Crippen molar-refractivity contribution in [2.24, 2.45) is 0 Å². The highest BCUT2D eigenvalue weighted by Gasteiger charge is 2.20. The van der Waals surface area contributed by atoms with E-state index in [1.54, 1.807) is 12.1 Å². The van der Waals surface area contributed by atoms with Gasteiger partial charge < -0.3 is 5.11 Å². The molecule has 1 aromatic heterocycles. The molecule has 0 atom stereocenters. The van der Waals surface area contributed by atoms with E-state index < -0.39 is 11.4 Å². The van der Waals surface area contributed by atoms with Crippen molar-refractivity contribution < 1.29 is 5.11 Å². The van der Waals surface area contributed by atoms with Crippen LogP contribution in [0.25, 0.3) is 33.3 Å². The van der Waals surface area contributed by atoms with E-state index in [0.717, 1.165) is 31.3 Å². The van der Waals surface area contributed by atoms with Crippen molar-refractivity contribution in [1.82, 2.24) is 14.3 Å². The number of hydrogen-bond acceptors (Lipinski definition) is 3. The molecule has 4 aromatic carbocycles. The largest absolute Gasteiger partial charge is 0.506 e. The summed E-state index contributed by atoms with van der Waals surface area (Å²) in [6.45, 7) is 1.86. The highest BCUT2D eigenvalue weighted by Crippen LogP contribution is 2.30. The molecule has 5 aromatic rings. The third-order valence-corrected chi connectivity index (χ3v) is 5.44. The minimum Gasteiger partial charge on any atom is -0.506 e. The van der Waals surface area contributed by atoms with Gasteiger partial charge in [0.2, 0.25) is 0 Å². The Labute approximate surface area is 177 Å². The van der Waals surface area contributed by atoms with E-state index in [9.17, 15) is 14.7 Å². The fourth-order valence-corrected chi connectivity index (χ4v) is 4.01. The summed E-state index contributed by atoms with van der Waals surface area (Å²) in [6.07, 6.45) is 0. The number of aryl methyl sites for hydroxylation is 1. The molecule has 31 heavy (non-hydrogen) atoms. The first kappa shape index (κ1) is 18.7. The number of para-hydroxylation sites is 1. The predicted octanol–water partition coefficient (Wildman–Crippen LogP) is 4.15. The van der Waals surface area contributed by atoms with Crippen LogP contribution in [0.3, 0.4) is 0 Å². The molecule has 6 nitrogen and oxygen atoms in total. The van der Waals surface area contributed by atoms with Gasteiger partial charge in [0.15, 0.2) is 0 Å². The number of hydrogen-bond donors (Lipinski definition) is 2. The Morgan fingerprint density at radius 2 is 1.52 bits per heavy atom. The van der Waals surface area contributed by atoms with Gasteiger partial charge >= 0.3 is 11.4 Å². The zero-order chi connectivity index (χ0) is 21.5. The fraction of sp³-hybridized carbons (Fsp3) is 0.0400. The van der Waals surface area contributed by atoms with E-state index >= 15 is 0 Å². The SMILES string of the molecule is Cc1cccc(-c2ccccc2)c1-n1c(=O)[nH]n(-c2c(O)ccc3ccccc23)c1=O. The van der Waals surface area contributed by atoms with Crippen molar-refractivity contribution in [2.75, 3.05) is 0 Å². The molecular weight excluding hydrogens is 390 g/mol. The Morgan fingerprint density at radius 3 is 2.32 bits per heavy atom. The molecule has 0 saturated carbocycles. The van der Waals surface area contributed by atoms with E-state index in [1.807, 2.05) is 73.7 Å². The Morgan fingerprint density at radius 1 is 0.774 bits per heavy atom. The highest BCUT2D eigenvalue weighted by atomic mass is 16.3. The molecule has 0 bridgehead atoms. The van der Waals surface area contributed by atoms with Gasteiger partial charge in [-0.2, -0.15) is 4.68 Å². The molecule has 0 fully saturated rings. The summed E-state index contributed by atoms with van der Waals surface area (Å²) in [5.41, 5.74) is 2.05. The number of fused-ring (bicyclic) bond motifs is 1. The van der Waals surface area contributed by atoms with Crippen molar-refractivity contribution in [1.29, 1.82) is 0 Å². The number of aromatic amines is 1. The van der Waals surface area contributed by atoms with Crippen LogP contribution in [-0.2, 0) is 0 Å². The number of phenolic OH excluding ortho intramolecular Hbond substituents is 1. The van der Waals surface area contributed by atoms with Crippen LogP contribution in [-0.4, -0.2) is 19.5 Å². The van der Waals surface area contributed by atoms with Gasteiger partial charge in [0.25, 0.3) is 0 Å². The van der Waals surface area contributed by atoms with Crippen molar-refractivity contribution in [3.8, 4) is 28.3 Å². The van der Waals surface area contributed by atoms with Crippen molar-refractivity contribution in [2.45, 2.75) is 6.92 Å². The van der Waals surface area contributed by atoms with Gasteiger partial charge in [0.05, 0.1) is 5.69 Å². The maximum atomic E-state index is 13.5. The summed E-state index contributed by atoms with van der Waals surface area (Å²) >= 11 is 0. The summed E-state index contributed by atoms with van der Waals surface area (Å²) in [5, 5.41) is 14.7. The van der Waals surface area contributed by atoms with Crippen molar-refractivity contribution >= 4 is 10.8 Å². The van der Waals surface area contributed by atoms with Gasteiger partial charge in [-0.25, -0.2) is 19.3 Å². The van der Waals surface area contributed by atoms with Crippen molar-refractivity contribution in [3.63, 3.8) is 0 Å². The molecule has 0 aliphatic heterocycles. The standard InChI is InChI=1S/C25H19N3O3/c1-16-8-7-13-19(17-9-3-2-4-10-17)22(16)27-24(30)26-28(25(27)31)23-20-12-6-5-11-18(20)14-15-21(23)29/h2-15,29H,1H3,(H,26,30). The van der Waals surface area contributed by atoms with E-state index in [4.69, 9.17) is 0 Å². The third-order valence-electron chi connectivity index (χ3n) is 5.44. The second-order valence-corrected chi connectivity index (χ2v) is 7.36. The summed E-state index contributed by atoms with van der Waals surface area (Å²) in [4.78, 5) is 26.5. The van der Waals surface area contributed by atoms with Crippen LogP contribution < -0.4 is 11.4 Å². The molecule has 0 aliphatic carbocycles. The predicted molar refractivity (Wildman–Crippen MR) is 121 cm³/mol. The lowest BCUT2D eigenvalue weighted by atomic mass is 10.0. The summed E-state index contributed by atoms with van der Waals surface area (Å²) in [7, 11) is 0. The summed E-state index contributed by atoms with van der Waals surface area (Å²) in [6, 6.07) is 25.9. The molecule has 6 heteroatoms. The lowest BCUT2D eigenvalue weighted by Gasteiger charge is -2.12. The number of phenols is 1. The second kappa shape index (κ2) is 7.18. The molecule has 0 aliphatic rings. The normalized spacial score (nSPS) is 11.1. The molecule has 0 amide bonds. The monoisotopic (exact) mass is 409 g/mol. The Bertz CT molecular complexity index is 1540. The van der Waals surface area contributed by atoms with Gasteiger partial charge in [0, 0.05) is 10.9 Å². The Balaban J connectivity index is 1.82. The lowest BCUT2D eigenvalue weighted by molar-refractivity contribution is 0.470. The molecule has 0 radical (unpaired) electrons. The van der Waals surface area contributed by atoms with E-state index in [1.165, 1.54) is 6.07 Å². The first-order valence-electron chi connectivity index (χ1n) is 9.87. The van der Waals surface area contributed by atoms with Crippen LogP contribution in [0.5, 0.6) is 5.75 Å². The first-order valence-corrected chi connectivity index (χ1v) is 9.87. The zero-order valence-corrected chi connectivity index (χ0v) is 16.7. The summed E-state index contributed by atoms with van der Waals surface area (Å²) in [5.74, 6) is -0.0951. The molecule has 5 rings (SSSR count). The topological polar surface area (TPSA) is 80.0 Å². The van der Waals surface area contributed by atoms with Crippen LogP contribution in [0.4, 0.5) is 0 Å². The molecule has 0 saturated heterocycles. The highest BCUT2D eigenvalue weighted by molar-refractivity contribution is 5.92. The minimum atomic E-state index is -0.580. The maximum absolute atomic E-state index is 13.5. The Kier molecular flexibility index (Phi) is 4.33. The number of aromatic nitrogens is 3. The van der Waals surface area contributed by atoms with Crippen LogP contribution in [0.1, 0.15) is 5.56 Å². The molecule has 152 valence electrons. The number of H-pyrrole nitrogens is 1. The molecule has 0 spiro atoms. The second-order valence-electron chi connectivity index (χ2n) is 7.36. The minimum absolute atomic E-state index is 0.0951. The van der Waals surface area contributed by atoms with Crippen LogP contribution in [0.15, 0.2) is 94.5 Å². The quantitative estimate of drug-likeness (QED) is 0.470. The zero-order valence-electron chi connectivity index (χ0n) is 16.7. The smallest absolute Gasteiger partial charge is 0.356 e. The van der Waals surface area contributed by atoms with E-state index in [2.05, 4.69) is 5.10 Å². The molecule has 2 N–H and O–H groups in total. The van der Waals surface area contributed by atoms with Gasteiger partial charge in [-0.05, 0) is 29.5 Å². The molecule has 1 heterocycles. The van der Waals surface area contributed by atoms with Gasteiger partial charge in [-0.3, -0.25) is 0 Å². The first-order chi connectivity index (χ1) is 15.1. The lowest BCUT2D eigenvalue weighted by Crippen LogP contribution is -2.28. The van der Waals surface area contributed by atoms with Gasteiger partial charge in [-0.15, -0.1) is 0 Å². The third kappa shape index (κ3) is 2.97. The number of benzene rings is 4. The molecule has 0 unspecified atom stereocenters. The van der Waals surface area contributed by atoms with E-state index in [0.29, 0.717) is 11.1 Å². The number of rotatable bonds is 3. The maximum Gasteiger partial charge on any atom is 0.356 e. The van der Waals surface area contributed by atoms with E-state index in [-0.39, 0.29) is 11.4 Å². The fourth-order valence-electron chi connectivity index (χ4n) is 4.01. The van der Waals surface area contributed by atoms with Gasteiger partial charge in [-0.1, -0.05) is 78.9 Å². The number of aromatic hydroxyl groups is 1. The van der Waals surface area contributed by atoms with Gasteiger partial charge in [0.1, 0.15) is 11.4 Å². The average Bonchev–Trinajstić information content (AvgIpc) is 3.07. The van der Waals surface area contributed by atoms with Crippen molar-refractivity contribution in [3.05, 3.63) is 111 Å². The Hall–Kier alpha value is -4.32. The van der Waals surface area contributed by atoms with Crippen LogP contribution in [0.2, 0.25) is 0 Å². The number of nitrogens with zero attached hydrogens (tertiary/aromatic N) is 2. The van der Waals surface area contributed by atoms with Crippen LogP contribution >= 0.6 is 0 Å².